The molecule has 0 radical (unpaired) electrons. The first-order valence-electron chi connectivity index (χ1n) is 7.40. The van der Waals surface area contributed by atoms with Crippen LogP contribution in [0.5, 0.6) is 0 Å². The molecule has 5 nitrogen and oxygen atoms in total. The number of carbonyl (C=O) groups excluding carboxylic acids is 1. The van der Waals surface area contributed by atoms with Crippen LogP contribution in [0.2, 0.25) is 0 Å². The molecule has 1 aliphatic rings. The lowest BCUT2D eigenvalue weighted by molar-refractivity contribution is 0.0993. The van der Waals surface area contributed by atoms with Gasteiger partial charge >= 0.3 is 0 Å². The average molecular weight is 302 g/mol. The number of benzene rings is 2. The van der Waals surface area contributed by atoms with Crippen LogP contribution < -0.4 is 0 Å². The molecule has 0 unspecified atom stereocenters. The van der Waals surface area contributed by atoms with Crippen molar-refractivity contribution in [3.05, 3.63) is 71.0 Å². The molecular formula is C18H14N4O. The van der Waals surface area contributed by atoms with Crippen molar-refractivity contribution >= 4 is 12.0 Å². The summed E-state index contributed by atoms with van der Waals surface area (Å²) in [7, 11) is 0. The Hall–Kier alpha value is -3.08. The van der Waals surface area contributed by atoms with Gasteiger partial charge in [-0.1, -0.05) is 30.3 Å². The molecule has 0 atom stereocenters. The molecule has 3 aromatic rings. The zero-order chi connectivity index (χ0) is 15.6. The molecule has 5 heteroatoms. The fourth-order valence-corrected chi connectivity index (χ4v) is 2.74. The van der Waals surface area contributed by atoms with E-state index in [0.29, 0.717) is 18.8 Å². The largest absolute Gasteiger partial charge is 0.294 e. The predicted octanol–water partition coefficient (Wildman–Crippen LogP) is 2.83. The lowest BCUT2D eigenvalue weighted by Gasteiger charge is -2.05. The first kappa shape index (κ1) is 13.6. The van der Waals surface area contributed by atoms with Gasteiger partial charge in [-0.05, 0) is 28.8 Å². The molecule has 4 rings (SSSR count). The van der Waals surface area contributed by atoms with Crippen LogP contribution in [-0.2, 0) is 13.0 Å². The Morgan fingerprint density at radius 1 is 1.17 bits per heavy atom. The van der Waals surface area contributed by atoms with Crippen LogP contribution >= 0.6 is 0 Å². The lowest BCUT2D eigenvalue weighted by atomic mass is 9.98. The van der Waals surface area contributed by atoms with E-state index >= 15 is 0 Å². The number of rotatable bonds is 4. The van der Waals surface area contributed by atoms with Gasteiger partial charge in [-0.25, -0.2) is 4.98 Å². The zero-order valence-electron chi connectivity index (χ0n) is 12.4. The van der Waals surface area contributed by atoms with Gasteiger partial charge in [0.05, 0.1) is 6.54 Å². The summed E-state index contributed by atoms with van der Waals surface area (Å²) in [4.78, 5) is 20.9. The van der Waals surface area contributed by atoms with Crippen molar-refractivity contribution in [3.63, 3.8) is 0 Å². The van der Waals surface area contributed by atoms with Crippen molar-refractivity contribution in [1.29, 1.82) is 0 Å². The van der Waals surface area contributed by atoms with Gasteiger partial charge in [-0.2, -0.15) is 5.10 Å². The van der Waals surface area contributed by atoms with Gasteiger partial charge in [0.1, 0.15) is 6.33 Å². The van der Waals surface area contributed by atoms with Gasteiger partial charge in [0, 0.05) is 23.8 Å². The van der Waals surface area contributed by atoms with Crippen molar-refractivity contribution in [2.75, 3.05) is 0 Å². The van der Waals surface area contributed by atoms with Crippen molar-refractivity contribution in [2.45, 2.75) is 13.0 Å². The summed E-state index contributed by atoms with van der Waals surface area (Å²) in [5.74, 6) is 0.802. The predicted molar refractivity (Wildman–Crippen MR) is 87.6 cm³/mol. The van der Waals surface area contributed by atoms with Crippen LogP contribution in [0.15, 0.2) is 53.8 Å². The Morgan fingerprint density at radius 3 is 3.00 bits per heavy atom. The summed E-state index contributed by atoms with van der Waals surface area (Å²) < 4.78 is 0. The summed E-state index contributed by atoms with van der Waals surface area (Å²) in [6, 6.07) is 13.6. The first-order valence-corrected chi connectivity index (χ1v) is 7.40. The number of Topliss-reactive ketones (excluding diaryl/α,β-unsaturated/α-hetero) is 1. The highest BCUT2D eigenvalue weighted by atomic mass is 16.1. The summed E-state index contributed by atoms with van der Waals surface area (Å²) in [6.45, 7) is 0.711. The van der Waals surface area contributed by atoms with E-state index in [1.165, 1.54) is 11.9 Å². The smallest absolute Gasteiger partial charge is 0.167 e. The molecular weight excluding hydrogens is 288 g/mol. The molecule has 2 heterocycles. The maximum absolute atomic E-state index is 12.5. The van der Waals surface area contributed by atoms with Crippen LogP contribution in [0.1, 0.15) is 27.0 Å². The minimum absolute atomic E-state index is 0.0998. The highest BCUT2D eigenvalue weighted by molar-refractivity contribution is 5.99. The van der Waals surface area contributed by atoms with Crippen LogP contribution in [0.4, 0.5) is 0 Å². The number of aromatic amines is 1. The van der Waals surface area contributed by atoms with E-state index < -0.39 is 0 Å². The average Bonchev–Trinajstić information content (AvgIpc) is 3.26. The van der Waals surface area contributed by atoms with E-state index in [2.05, 4.69) is 20.2 Å². The number of ketones is 1. The second kappa shape index (κ2) is 5.61. The molecule has 0 saturated carbocycles. The molecule has 0 amide bonds. The Bertz CT molecular complexity index is 897. The van der Waals surface area contributed by atoms with E-state index in [4.69, 9.17) is 0 Å². The third-order valence-electron chi connectivity index (χ3n) is 3.94. The fourth-order valence-electron chi connectivity index (χ4n) is 2.74. The number of carbonyl (C=O) groups is 1. The second-order valence-electron chi connectivity index (χ2n) is 5.52. The van der Waals surface area contributed by atoms with Crippen LogP contribution in [0.3, 0.4) is 0 Å². The van der Waals surface area contributed by atoms with Crippen molar-refractivity contribution in [2.24, 2.45) is 4.99 Å². The maximum atomic E-state index is 12.5. The van der Waals surface area contributed by atoms with Gasteiger partial charge in [-0.15, -0.1) is 0 Å². The highest BCUT2D eigenvalue weighted by Crippen LogP contribution is 2.19. The number of aromatic nitrogens is 3. The van der Waals surface area contributed by atoms with Crippen LogP contribution in [-0.4, -0.2) is 27.2 Å². The normalized spacial score (nSPS) is 12.3. The molecule has 0 aliphatic carbocycles. The van der Waals surface area contributed by atoms with E-state index in [1.54, 1.807) is 0 Å². The molecule has 2 aromatic carbocycles. The second-order valence-corrected chi connectivity index (χ2v) is 5.52. The fraction of sp³-hybridized carbons (Fsp3) is 0.111. The Labute approximate surface area is 133 Å². The standard InChI is InChI=1S/C18H14N4O/c23-17(13-4-5-15-9-19-10-16(15)8-13)7-12-2-1-3-14(6-12)18-20-11-21-22-18/h1-6,8,10-11H,7,9H2,(H,20,21,22). The summed E-state index contributed by atoms with van der Waals surface area (Å²) in [6.07, 6.45) is 3.66. The van der Waals surface area contributed by atoms with Crippen molar-refractivity contribution < 1.29 is 4.79 Å². The highest BCUT2D eigenvalue weighted by Gasteiger charge is 2.12. The number of hydrogen-bond donors (Lipinski definition) is 1. The minimum Gasteiger partial charge on any atom is -0.294 e. The number of nitrogens with one attached hydrogen (secondary N) is 1. The molecule has 0 spiro atoms. The molecule has 1 N–H and O–H groups in total. The summed E-state index contributed by atoms with van der Waals surface area (Å²) in [5.41, 5.74) is 4.83. The van der Waals surface area contributed by atoms with E-state index in [0.717, 1.165) is 22.3 Å². The van der Waals surface area contributed by atoms with Crippen molar-refractivity contribution in [1.82, 2.24) is 15.2 Å². The van der Waals surface area contributed by atoms with Gasteiger partial charge in [-0.3, -0.25) is 14.9 Å². The van der Waals surface area contributed by atoms with E-state index in [-0.39, 0.29) is 5.78 Å². The van der Waals surface area contributed by atoms with Crippen LogP contribution in [0, 0.1) is 0 Å². The SMILES string of the molecule is O=C(Cc1cccc(-c2ncn[nH]2)c1)c1ccc2c(c1)C=NC2. The Morgan fingerprint density at radius 2 is 2.13 bits per heavy atom. The molecule has 1 aromatic heterocycles. The van der Waals surface area contributed by atoms with E-state index in [1.807, 2.05) is 48.7 Å². The topological polar surface area (TPSA) is 71.0 Å². The number of fused-ring (bicyclic) bond motifs is 1. The molecule has 0 saturated heterocycles. The summed E-state index contributed by atoms with van der Waals surface area (Å²) >= 11 is 0. The lowest BCUT2D eigenvalue weighted by Crippen LogP contribution is -2.04. The zero-order valence-corrected chi connectivity index (χ0v) is 12.4. The monoisotopic (exact) mass is 302 g/mol. The number of nitrogens with zero attached hydrogens (tertiary/aromatic N) is 3. The third kappa shape index (κ3) is 2.68. The molecule has 23 heavy (non-hydrogen) atoms. The first-order chi connectivity index (χ1) is 11.3. The van der Waals surface area contributed by atoms with Gasteiger partial charge in [0.25, 0.3) is 0 Å². The molecule has 0 bridgehead atoms. The minimum atomic E-state index is 0.0998. The molecule has 1 aliphatic heterocycles. The molecule has 112 valence electrons. The Balaban J connectivity index is 1.57. The maximum Gasteiger partial charge on any atom is 0.167 e. The van der Waals surface area contributed by atoms with Gasteiger partial charge in [0.15, 0.2) is 11.6 Å². The third-order valence-corrected chi connectivity index (χ3v) is 3.94. The summed E-state index contributed by atoms with van der Waals surface area (Å²) in [5, 5.41) is 6.69. The van der Waals surface area contributed by atoms with Gasteiger partial charge in [0.2, 0.25) is 0 Å². The number of H-pyrrole nitrogens is 1. The number of aliphatic imine (C=N–C) groups is 1. The van der Waals surface area contributed by atoms with E-state index in [9.17, 15) is 4.79 Å². The quantitative estimate of drug-likeness (QED) is 0.753. The number of hydrogen-bond acceptors (Lipinski definition) is 4. The van der Waals surface area contributed by atoms with Gasteiger partial charge < -0.3 is 0 Å². The Kier molecular flexibility index (Phi) is 3.31. The van der Waals surface area contributed by atoms with Crippen molar-refractivity contribution in [3.8, 4) is 11.4 Å². The molecule has 0 fully saturated rings. The van der Waals surface area contributed by atoms with Crippen LogP contribution in [0.25, 0.3) is 11.4 Å².